The highest BCUT2D eigenvalue weighted by Gasteiger charge is 2.20. The molecule has 11 heteroatoms. The normalized spacial score (nSPS) is 11.3. The molecule has 2 rings (SSSR count). The number of amides is 1. The lowest BCUT2D eigenvalue weighted by Gasteiger charge is -2.13. The fourth-order valence-electron chi connectivity index (χ4n) is 1.84. The first-order valence-corrected chi connectivity index (χ1v) is 6.51. The molecular formula is C13H10N6O5. The zero-order valence-electron chi connectivity index (χ0n) is 12.2. The number of nitrogens with one attached hydrogen (secondary N) is 1. The van der Waals surface area contributed by atoms with Gasteiger partial charge in [0.1, 0.15) is 24.5 Å². The lowest BCUT2D eigenvalue weighted by Crippen LogP contribution is -2.24. The monoisotopic (exact) mass is 330 g/mol. The van der Waals surface area contributed by atoms with Crippen molar-refractivity contribution in [3.05, 3.63) is 56.4 Å². The van der Waals surface area contributed by atoms with Crippen LogP contribution in [0.3, 0.4) is 0 Å². The number of carbonyl (C=O) groups is 1. The maximum atomic E-state index is 12.2. The summed E-state index contributed by atoms with van der Waals surface area (Å²) in [4.78, 5) is 32.2. The Morgan fingerprint density at radius 3 is 2.54 bits per heavy atom. The van der Waals surface area contributed by atoms with Crippen LogP contribution in [0.5, 0.6) is 0 Å². The minimum Gasteiger partial charge on any atom is -0.323 e. The van der Waals surface area contributed by atoms with Gasteiger partial charge in [-0.1, -0.05) is 0 Å². The molecule has 1 unspecified atom stereocenters. The number of nitrogens with zero attached hydrogens (tertiary/aromatic N) is 5. The summed E-state index contributed by atoms with van der Waals surface area (Å²) in [5.74, 6) is -0.585. The molecule has 0 bridgehead atoms. The molecule has 0 radical (unpaired) electrons. The SMILES string of the molecule is CC(C(=O)Nc1ccc([N+](=O)[O-])cc1C#N)n1cc([N+](=O)[O-])cn1. The Kier molecular flexibility index (Phi) is 4.50. The Hall–Kier alpha value is -3.81. The molecule has 1 heterocycles. The Labute approximate surface area is 134 Å². The first kappa shape index (κ1) is 16.6. The number of hydrogen-bond acceptors (Lipinski definition) is 7. The van der Waals surface area contributed by atoms with E-state index in [1.165, 1.54) is 13.0 Å². The van der Waals surface area contributed by atoms with Gasteiger partial charge in [0.15, 0.2) is 0 Å². The standard InChI is InChI=1S/C13H10N6O5/c1-8(17-7-11(6-15-17)19(23)24)13(20)16-12-3-2-10(18(21)22)4-9(12)5-14/h2-4,6-8H,1H3,(H,16,20). The lowest BCUT2D eigenvalue weighted by atomic mass is 10.1. The Bertz CT molecular complexity index is 868. The van der Waals surface area contributed by atoms with E-state index in [9.17, 15) is 25.0 Å². The van der Waals surface area contributed by atoms with E-state index in [2.05, 4.69) is 10.4 Å². The molecule has 2 aromatic rings. The second-order valence-electron chi connectivity index (χ2n) is 4.70. The van der Waals surface area contributed by atoms with E-state index in [0.717, 1.165) is 29.2 Å². The van der Waals surface area contributed by atoms with Crippen molar-refractivity contribution in [3.8, 4) is 6.07 Å². The number of nitro benzene ring substituents is 1. The summed E-state index contributed by atoms with van der Waals surface area (Å²) in [5.41, 5.74) is -0.513. The average molecular weight is 330 g/mol. The molecule has 0 spiro atoms. The fourth-order valence-corrected chi connectivity index (χ4v) is 1.84. The van der Waals surface area contributed by atoms with Gasteiger partial charge in [0, 0.05) is 12.1 Å². The Morgan fingerprint density at radius 1 is 1.33 bits per heavy atom. The maximum Gasteiger partial charge on any atom is 0.307 e. The Balaban J connectivity index is 2.21. The molecule has 1 N–H and O–H groups in total. The number of rotatable bonds is 5. The lowest BCUT2D eigenvalue weighted by molar-refractivity contribution is -0.385. The van der Waals surface area contributed by atoms with Crippen molar-refractivity contribution in [1.82, 2.24) is 9.78 Å². The van der Waals surface area contributed by atoms with Crippen LogP contribution in [0.1, 0.15) is 18.5 Å². The molecule has 11 nitrogen and oxygen atoms in total. The van der Waals surface area contributed by atoms with Crippen LogP contribution in [0.2, 0.25) is 0 Å². The first-order chi connectivity index (χ1) is 11.3. The third kappa shape index (κ3) is 3.33. The van der Waals surface area contributed by atoms with Crippen LogP contribution in [0, 0.1) is 31.6 Å². The topological polar surface area (TPSA) is 157 Å². The minimum absolute atomic E-state index is 0.0730. The molecule has 0 aliphatic rings. The Morgan fingerprint density at radius 2 is 2.00 bits per heavy atom. The van der Waals surface area contributed by atoms with E-state index in [4.69, 9.17) is 5.26 Å². The molecule has 1 amide bonds. The highest BCUT2D eigenvalue weighted by molar-refractivity contribution is 5.94. The van der Waals surface area contributed by atoms with Gasteiger partial charge in [-0.2, -0.15) is 10.4 Å². The van der Waals surface area contributed by atoms with Gasteiger partial charge in [0.05, 0.1) is 21.1 Å². The summed E-state index contributed by atoms with van der Waals surface area (Å²) in [6.07, 6.45) is 2.11. The summed E-state index contributed by atoms with van der Waals surface area (Å²) in [6.45, 7) is 1.46. The number of aromatic nitrogens is 2. The van der Waals surface area contributed by atoms with Gasteiger partial charge in [-0.05, 0) is 13.0 Å². The predicted molar refractivity (Wildman–Crippen MR) is 80.0 cm³/mol. The van der Waals surface area contributed by atoms with Gasteiger partial charge < -0.3 is 5.32 Å². The van der Waals surface area contributed by atoms with Crippen LogP contribution in [0.25, 0.3) is 0 Å². The number of nitro groups is 2. The zero-order chi connectivity index (χ0) is 17.9. The van der Waals surface area contributed by atoms with Crippen molar-refractivity contribution < 1.29 is 14.6 Å². The summed E-state index contributed by atoms with van der Waals surface area (Å²) in [5, 5.41) is 36.6. The van der Waals surface area contributed by atoms with Crippen molar-refractivity contribution >= 4 is 23.0 Å². The molecular weight excluding hydrogens is 320 g/mol. The minimum atomic E-state index is -0.888. The molecule has 24 heavy (non-hydrogen) atoms. The third-order valence-electron chi connectivity index (χ3n) is 3.17. The number of nitriles is 1. The van der Waals surface area contributed by atoms with Crippen molar-refractivity contribution in [2.24, 2.45) is 0 Å². The zero-order valence-corrected chi connectivity index (χ0v) is 12.2. The summed E-state index contributed by atoms with van der Waals surface area (Å²) in [7, 11) is 0. The molecule has 0 fully saturated rings. The van der Waals surface area contributed by atoms with Gasteiger partial charge in [-0.15, -0.1) is 0 Å². The molecule has 1 aromatic heterocycles. The third-order valence-corrected chi connectivity index (χ3v) is 3.17. The van der Waals surface area contributed by atoms with Gasteiger partial charge in [0.25, 0.3) is 5.69 Å². The van der Waals surface area contributed by atoms with E-state index in [1.807, 2.05) is 0 Å². The highest BCUT2D eigenvalue weighted by atomic mass is 16.6. The molecule has 1 aromatic carbocycles. The van der Waals surface area contributed by atoms with E-state index >= 15 is 0 Å². The van der Waals surface area contributed by atoms with Crippen LogP contribution >= 0.6 is 0 Å². The number of carbonyl (C=O) groups excluding carboxylic acids is 1. The van der Waals surface area contributed by atoms with Gasteiger partial charge in [0.2, 0.25) is 5.91 Å². The highest BCUT2D eigenvalue weighted by Crippen LogP contribution is 2.22. The summed E-state index contributed by atoms with van der Waals surface area (Å²) in [6, 6.07) is 4.31. The summed E-state index contributed by atoms with van der Waals surface area (Å²) >= 11 is 0. The summed E-state index contributed by atoms with van der Waals surface area (Å²) < 4.78 is 1.10. The van der Waals surface area contributed by atoms with Gasteiger partial charge in [-0.3, -0.25) is 29.7 Å². The number of hydrogen-bond donors (Lipinski definition) is 1. The first-order valence-electron chi connectivity index (χ1n) is 6.51. The smallest absolute Gasteiger partial charge is 0.307 e. The predicted octanol–water partition coefficient (Wildman–Crippen LogP) is 1.77. The number of anilines is 1. The average Bonchev–Trinajstić information content (AvgIpc) is 3.04. The van der Waals surface area contributed by atoms with Gasteiger partial charge in [-0.25, -0.2) is 0 Å². The van der Waals surface area contributed by atoms with Crippen LogP contribution in [-0.4, -0.2) is 25.5 Å². The maximum absolute atomic E-state index is 12.2. The van der Waals surface area contributed by atoms with Crippen LogP contribution in [-0.2, 0) is 4.79 Å². The number of benzene rings is 1. The molecule has 122 valence electrons. The van der Waals surface area contributed by atoms with Crippen molar-refractivity contribution in [2.45, 2.75) is 13.0 Å². The van der Waals surface area contributed by atoms with E-state index in [-0.39, 0.29) is 22.6 Å². The van der Waals surface area contributed by atoms with Crippen molar-refractivity contribution in [2.75, 3.05) is 5.32 Å². The van der Waals surface area contributed by atoms with Crippen LogP contribution < -0.4 is 5.32 Å². The molecule has 0 saturated heterocycles. The largest absolute Gasteiger partial charge is 0.323 e. The second kappa shape index (κ2) is 6.53. The van der Waals surface area contributed by atoms with E-state index < -0.39 is 21.8 Å². The van der Waals surface area contributed by atoms with Crippen LogP contribution in [0.15, 0.2) is 30.6 Å². The van der Waals surface area contributed by atoms with E-state index in [1.54, 1.807) is 6.07 Å². The van der Waals surface area contributed by atoms with Crippen molar-refractivity contribution in [1.29, 1.82) is 5.26 Å². The second-order valence-corrected chi connectivity index (χ2v) is 4.70. The fraction of sp³-hybridized carbons (Fsp3) is 0.154. The van der Waals surface area contributed by atoms with Gasteiger partial charge >= 0.3 is 5.69 Å². The van der Waals surface area contributed by atoms with Crippen molar-refractivity contribution in [3.63, 3.8) is 0 Å². The molecule has 0 aliphatic heterocycles. The van der Waals surface area contributed by atoms with E-state index in [0.29, 0.717) is 0 Å². The quantitative estimate of drug-likeness (QED) is 0.646. The number of non-ortho nitro benzene ring substituents is 1. The van der Waals surface area contributed by atoms with Crippen LogP contribution in [0.4, 0.5) is 17.1 Å². The molecule has 0 saturated carbocycles. The molecule has 1 atom stereocenters. The molecule has 0 aliphatic carbocycles.